The van der Waals surface area contributed by atoms with Crippen molar-refractivity contribution >= 4 is 22.7 Å². The predicted molar refractivity (Wildman–Crippen MR) is 98.7 cm³/mol. The highest BCUT2D eigenvalue weighted by atomic mass is 32.2. The Kier molecular flexibility index (Phi) is 4.03. The molecule has 0 bridgehead atoms. The van der Waals surface area contributed by atoms with Crippen molar-refractivity contribution in [1.82, 2.24) is 4.98 Å². The number of thioether (sulfide) groups is 1. The molecule has 25 heavy (non-hydrogen) atoms. The maximum Gasteiger partial charge on any atom is 0.214 e. The van der Waals surface area contributed by atoms with Gasteiger partial charge in [-0.2, -0.15) is 4.98 Å². The van der Waals surface area contributed by atoms with Crippen LogP contribution in [-0.4, -0.2) is 36.9 Å². The molecule has 2 N–H and O–H groups in total. The van der Waals surface area contributed by atoms with Crippen LogP contribution in [0, 0.1) is 11.7 Å². The molecule has 0 radical (unpaired) electrons. The summed E-state index contributed by atoms with van der Waals surface area (Å²) >= 11 is 1.47. The van der Waals surface area contributed by atoms with Gasteiger partial charge in [0.15, 0.2) is 5.17 Å². The maximum absolute atomic E-state index is 14.6. The number of benzene rings is 1. The lowest BCUT2D eigenvalue weighted by atomic mass is 9.87. The molecule has 0 unspecified atom stereocenters. The summed E-state index contributed by atoms with van der Waals surface area (Å²) in [6, 6.07) is 12.6. The smallest absolute Gasteiger partial charge is 0.214 e. The topological polar surface area (TPSA) is 63.7 Å². The zero-order valence-electron chi connectivity index (χ0n) is 13.9. The molecular formula is C18H19FN4OS. The lowest BCUT2D eigenvalue weighted by molar-refractivity contribution is 0.398. The third kappa shape index (κ3) is 2.72. The molecule has 2 aliphatic heterocycles. The van der Waals surface area contributed by atoms with Crippen molar-refractivity contribution in [3.05, 3.63) is 53.8 Å². The molecule has 0 aliphatic carbocycles. The molecule has 1 aromatic heterocycles. The van der Waals surface area contributed by atoms with E-state index in [1.807, 2.05) is 30.3 Å². The van der Waals surface area contributed by atoms with Crippen LogP contribution >= 0.6 is 11.8 Å². The van der Waals surface area contributed by atoms with Crippen molar-refractivity contribution in [3.8, 4) is 5.88 Å². The van der Waals surface area contributed by atoms with Gasteiger partial charge in [0.05, 0.1) is 11.9 Å². The van der Waals surface area contributed by atoms with Gasteiger partial charge >= 0.3 is 0 Å². The van der Waals surface area contributed by atoms with E-state index in [9.17, 15) is 4.39 Å². The zero-order chi connectivity index (χ0) is 17.4. The van der Waals surface area contributed by atoms with Gasteiger partial charge in [-0.25, -0.2) is 4.39 Å². The van der Waals surface area contributed by atoms with Crippen LogP contribution in [0.2, 0.25) is 0 Å². The summed E-state index contributed by atoms with van der Waals surface area (Å²) in [6.07, 6.45) is 0. The number of nitrogens with zero attached hydrogens (tertiary/aromatic N) is 3. The molecule has 0 saturated carbocycles. The number of amidine groups is 1. The molecule has 3 heterocycles. The first kappa shape index (κ1) is 16.2. The van der Waals surface area contributed by atoms with Crippen LogP contribution in [0.25, 0.3) is 0 Å². The number of methoxy groups -OCH3 is 1. The molecule has 4 rings (SSSR count). The number of anilines is 1. The second-order valence-electron chi connectivity index (χ2n) is 6.27. The summed E-state index contributed by atoms with van der Waals surface area (Å²) in [6.45, 7) is 1.96. The average Bonchev–Trinajstić information content (AvgIpc) is 3.01. The minimum absolute atomic E-state index is 0.162. The Labute approximate surface area is 150 Å². The molecule has 5 nitrogen and oxygen atoms in total. The first-order valence-corrected chi connectivity index (χ1v) is 8.94. The molecule has 2 atom stereocenters. The van der Waals surface area contributed by atoms with E-state index in [1.54, 1.807) is 13.2 Å². The van der Waals surface area contributed by atoms with Gasteiger partial charge in [-0.3, -0.25) is 4.99 Å². The lowest BCUT2D eigenvalue weighted by Gasteiger charge is -2.36. The second kappa shape index (κ2) is 6.22. The molecule has 0 amide bonds. The molecule has 130 valence electrons. The zero-order valence-corrected chi connectivity index (χ0v) is 14.7. The van der Waals surface area contributed by atoms with E-state index in [0.29, 0.717) is 29.7 Å². The van der Waals surface area contributed by atoms with Crippen LogP contribution in [0.3, 0.4) is 0 Å². The second-order valence-corrected chi connectivity index (χ2v) is 7.62. The molecule has 2 aliphatic rings. The van der Waals surface area contributed by atoms with E-state index in [0.717, 1.165) is 12.4 Å². The first-order valence-electron chi connectivity index (χ1n) is 8.12. The van der Waals surface area contributed by atoms with Crippen molar-refractivity contribution in [3.63, 3.8) is 0 Å². The first-order chi connectivity index (χ1) is 12.1. The summed E-state index contributed by atoms with van der Waals surface area (Å²) in [5.74, 6) is 1.35. The molecule has 7 heteroatoms. The van der Waals surface area contributed by atoms with Crippen molar-refractivity contribution < 1.29 is 9.13 Å². The Morgan fingerprint density at radius 3 is 2.92 bits per heavy atom. The number of aromatic nitrogens is 1. The largest absolute Gasteiger partial charge is 0.481 e. The lowest BCUT2D eigenvalue weighted by Crippen LogP contribution is -2.40. The van der Waals surface area contributed by atoms with E-state index in [1.165, 1.54) is 17.8 Å². The van der Waals surface area contributed by atoms with Crippen LogP contribution in [-0.2, 0) is 4.75 Å². The number of halogens is 1. The summed E-state index contributed by atoms with van der Waals surface area (Å²) < 4.78 is 19.4. The third-order valence-electron chi connectivity index (χ3n) is 4.85. The number of pyridine rings is 1. The van der Waals surface area contributed by atoms with Crippen LogP contribution in [0.5, 0.6) is 5.88 Å². The molecule has 2 aromatic rings. The van der Waals surface area contributed by atoms with Crippen LogP contribution < -0.4 is 15.4 Å². The fraction of sp³-hybridized carbons (Fsp3) is 0.333. The van der Waals surface area contributed by atoms with Crippen LogP contribution in [0.15, 0.2) is 47.5 Å². The fourth-order valence-corrected chi connectivity index (χ4v) is 4.99. The Balaban J connectivity index is 1.75. The standard InChI is InChI=1S/C18H19FN4OS/c1-24-16-8-4-7-15(22-16)23-10-12-9-21-17(20)25-18(12,11-23)13-5-2-3-6-14(13)19/h2-8,12H,9-11H2,1H3,(H2,20,21)/t12-,18-/m0/s1. The summed E-state index contributed by atoms with van der Waals surface area (Å²) in [5, 5.41) is 0.514. The summed E-state index contributed by atoms with van der Waals surface area (Å²) in [4.78, 5) is 11.1. The molecular weight excluding hydrogens is 339 g/mol. The highest BCUT2D eigenvalue weighted by Gasteiger charge is 2.52. The van der Waals surface area contributed by atoms with Crippen molar-refractivity contribution in [2.24, 2.45) is 16.6 Å². The van der Waals surface area contributed by atoms with Crippen molar-refractivity contribution in [2.75, 3.05) is 31.6 Å². The number of hydrogen-bond acceptors (Lipinski definition) is 6. The van der Waals surface area contributed by atoms with E-state index in [-0.39, 0.29) is 11.7 Å². The van der Waals surface area contributed by atoms with Gasteiger partial charge in [0.25, 0.3) is 0 Å². The SMILES string of the molecule is COc1cccc(N2C[C@@H]3CN=C(N)S[C@@]3(c3ccccc3F)C2)n1. The quantitative estimate of drug-likeness (QED) is 0.914. The number of aliphatic imine (C=N–C) groups is 1. The van der Waals surface area contributed by atoms with Gasteiger partial charge in [0.2, 0.25) is 5.88 Å². The molecule has 1 fully saturated rings. The van der Waals surface area contributed by atoms with Crippen molar-refractivity contribution in [2.45, 2.75) is 4.75 Å². The highest BCUT2D eigenvalue weighted by Crippen LogP contribution is 2.51. The molecule has 0 spiro atoms. The van der Waals surface area contributed by atoms with Crippen LogP contribution in [0.4, 0.5) is 10.2 Å². The van der Waals surface area contributed by atoms with Crippen molar-refractivity contribution in [1.29, 1.82) is 0 Å². The number of hydrogen-bond donors (Lipinski definition) is 1. The Morgan fingerprint density at radius 2 is 2.12 bits per heavy atom. The van der Waals surface area contributed by atoms with Crippen LogP contribution in [0.1, 0.15) is 5.56 Å². The van der Waals surface area contributed by atoms with E-state index in [4.69, 9.17) is 10.5 Å². The Bertz CT molecular complexity index is 830. The van der Waals surface area contributed by atoms with Gasteiger partial charge in [-0.05, 0) is 12.1 Å². The average molecular weight is 358 g/mol. The van der Waals surface area contributed by atoms with E-state index >= 15 is 0 Å². The fourth-order valence-electron chi connectivity index (χ4n) is 3.66. The number of rotatable bonds is 3. The summed E-state index contributed by atoms with van der Waals surface area (Å²) in [7, 11) is 1.60. The minimum atomic E-state index is -0.456. The Hall–Kier alpha value is -2.28. The van der Waals surface area contributed by atoms with E-state index in [2.05, 4.69) is 14.9 Å². The van der Waals surface area contributed by atoms with Gasteiger partial charge in [-0.15, -0.1) is 0 Å². The number of nitrogens with two attached hydrogens (primary N) is 1. The normalized spacial score (nSPS) is 25.4. The van der Waals surface area contributed by atoms with Gasteiger partial charge < -0.3 is 15.4 Å². The van der Waals surface area contributed by atoms with E-state index < -0.39 is 4.75 Å². The van der Waals surface area contributed by atoms with Gasteiger partial charge in [0, 0.05) is 37.2 Å². The third-order valence-corrected chi connectivity index (χ3v) is 6.24. The monoisotopic (exact) mass is 358 g/mol. The highest BCUT2D eigenvalue weighted by molar-refractivity contribution is 8.14. The molecule has 1 aromatic carbocycles. The maximum atomic E-state index is 14.6. The van der Waals surface area contributed by atoms with Gasteiger partial charge in [0.1, 0.15) is 11.6 Å². The molecule has 1 saturated heterocycles. The van der Waals surface area contributed by atoms with Gasteiger partial charge in [-0.1, -0.05) is 36.0 Å². The number of ether oxygens (including phenoxy) is 1. The predicted octanol–water partition coefficient (Wildman–Crippen LogP) is 2.62. The Morgan fingerprint density at radius 1 is 1.28 bits per heavy atom. The minimum Gasteiger partial charge on any atom is -0.481 e. The summed E-state index contributed by atoms with van der Waals surface area (Å²) in [5.41, 5.74) is 6.72. The number of fused-ring (bicyclic) bond motifs is 1.